The number of halogens is 1. The number of aromatic nitrogens is 3. The van der Waals surface area contributed by atoms with E-state index in [1.54, 1.807) is 16.9 Å². The second kappa shape index (κ2) is 5.82. The number of hydrogen-bond acceptors (Lipinski definition) is 5. The number of carbonyl (C=O) groups is 1. The van der Waals surface area contributed by atoms with Crippen molar-refractivity contribution in [2.75, 3.05) is 24.6 Å². The van der Waals surface area contributed by atoms with Gasteiger partial charge in [-0.2, -0.15) is 5.10 Å². The van der Waals surface area contributed by atoms with Gasteiger partial charge in [-0.15, -0.1) is 0 Å². The minimum absolute atomic E-state index is 0.294. The predicted molar refractivity (Wildman–Crippen MR) is 86.5 cm³/mol. The average molecular weight is 336 g/mol. The van der Waals surface area contributed by atoms with E-state index < -0.39 is 11.5 Å². The normalized spacial score (nSPS) is 21.4. The molecule has 1 aliphatic heterocycles. The predicted octanol–water partition coefficient (Wildman–Crippen LogP) is 1.32. The van der Waals surface area contributed by atoms with Gasteiger partial charge in [0.25, 0.3) is 0 Å². The van der Waals surface area contributed by atoms with Gasteiger partial charge < -0.3 is 15.4 Å². The van der Waals surface area contributed by atoms with Crippen LogP contribution in [0.1, 0.15) is 22.8 Å². The number of amides is 1. The van der Waals surface area contributed by atoms with Gasteiger partial charge in [-0.1, -0.05) is 11.6 Å². The van der Waals surface area contributed by atoms with Crippen molar-refractivity contribution in [3.8, 4) is 0 Å². The molecule has 8 heteroatoms. The lowest BCUT2D eigenvalue weighted by Crippen LogP contribution is -2.48. The van der Waals surface area contributed by atoms with Crippen LogP contribution in [0.2, 0.25) is 5.02 Å². The number of hydrogen-bond donors (Lipinski definition) is 1. The second-order valence-electron chi connectivity index (χ2n) is 5.80. The summed E-state index contributed by atoms with van der Waals surface area (Å²) >= 11 is 6.28. The summed E-state index contributed by atoms with van der Waals surface area (Å²) in [6, 6.07) is 1.54. The molecule has 0 saturated carbocycles. The van der Waals surface area contributed by atoms with E-state index in [1.807, 2.05) is 25.1 Å². The number of morpholine rings is 1. The van der Waals surface area contributed by atoms with Crippen LogP contribution in [-0.2, 0) is 17.4 Å². The average Bonchev–Trinajstić information content (AvgIpc) is 2.94. The van der Waals surface area contributed by atoms with E-state index in [1.165, 1.54) is 6.20 Å². The highest BCUT2D eigenvalue weighted by atomic mass is 35.5. The number of anilines is 1. The highest BCUT2D eigenvalue weighted by Crippen LogP contribution is 2.33. The smallest absolute Gasteiger partial charge is 0.250 e. The maximum Gasteiger partial charge on any atom is 0.250 e. The lowest BCUT2D eigenvalue weighted by molar-refractivity contribution is -0.0468. The fraction of sp³-hybridized carbons (Fsp3) is 0.400. The van der Waals surface area contributed by atoms with Crippen molar-refractivity contribution >= 4 is 23.3 Å². The zero-order valence-corrected chi connectivity index (χ0v) is 13.7. The molecule has 3 rings (SSSR count). The van der Waals surface area contributed by atoms with E-state index in [-0.39, 0.29) is 0 Å². The van der Waals surface area contributed by atoms with Gasteiger partial charge in [-0.3, -0.25) is 9.48 Å². The summed E-state index contributed by atoms with van der Waals surface area (Å²) in [5.74, 6) is 0.0724. The first-order valence-electron chi connectivity index (χ1n) is 7.22. The molecule has 0 radical (unpaired) electrons. The Morgan fingerprint density at radius 1 is 1.48 bits per heavy atom. The quantitative estimate of drug-likeness (QED) is 0.914. The Hall–Kier alpha value is -2.12. The molecule has 7 nitrogen and oxygen atoms in total. The SMILES string of the molecule is Cn1cc(C2(C)CN(c3ncc(C(N)=O)cc3Cl)CCO2)cn1. The van der Waals surface area contributed by atoms with Crippen LogP contribution >= 0.6 is 11.6 Å². The first kappa shape index (κ1) is 15.8. The summed E-state index contributed by atoms with van der Waals surface area (Å²) in [5.41, 5.74) is 6.04. The minimum atomic E-state index is -0.548. The molecular weight excluding hydrogens is 318 g/mol. The zero-order chi connectivity index (χ0) is 16.6. The number of primary amides is 1. The number of nitrogens with zero attached hydrogens (tertiary/aromatic N) is 4. The van der Waals surface area contributed by atoms with Crippen molar-refractivity contribution < 1.29 is 9.53 Å². The molecule has 3 heterocycles. The van der Waals surface area contributed by atoms with Crippen LogP contribution < -0.4 is 10.6 Å². The van der Waals surface area contributed by atoms with Crippen molar-refractivity contribution in [2.45, 2.75) is 12.5 Å². The van der Waals surface area contributed by atoms with Gasteiger partial charge >= 0.3 is 0 Å². The highest BCUT2D eigenvalue weighted by Gasteiger charge is 2.36. The number of rotatable bonds is 3. The van der Waals surface area contributed by atoms with Crippen molar-refractivity contribution in [1.29, 1.82) is 0 Å². The standard InChI is InChI=1S/C15H18ClN5O2/c1-15(11-7-19-20(2)8-11)9-21(3-4-23-15)14-12(16)5-10(6-18-14)13(17)22/h5-8H,3-4,9H2,1-2H3,(H2,17,22). The van der Waals surface area contributed by atoms with Crippen molar-refractivity contribution in [1.82, 2.24) is 14.8 Å². The lowest BCUT2D eigenvalue weighted by Gasteiger charge is -2.40. The van der Waals surface area contributed by atoms with Crippen LogP contribution in [0.25, 0.3) is 0 Å². The summed E-state index contributed by atoms with van der Waals surface area (Å²) < 4.78 is 7.72. The molecule has 1 atom stereocenters. The van der Waals surface area contributed by atoms with Crippen LogP contribution in [0.15, 0.2) is 24.7 Å². The van der Waals surface area contributed by atoms with E-state index in [0.29, 0.717) is 36.1 Å². The van der Waals surface area contributed by atoms with Gasteiger partial charge in [0, 0.05) is 31.5 Å². The van der Waals surface area contributed by atoms with E-state index in [0.717, 1.165) is 5.56 Å². The number of ether oxygens (including phenoxy) is 1. The topological polar surface area (TPSA) is 86.3 Å². The van der Waals surface area contributed by atoms with E-state index in [2.05, 4.69) is 10.1 Å². The zero-order valence-electron chi connectivity index (χ0n) is 13.0. The number of aryl methyl sites for hydroxylation is 1. The van der Waals surface area contributed by atoms with E-state index in [9.17, 15) is 4.79 Å². The highest BCUT2D eigenvalue weighted by molar-refractivity contribution is 6.33. The van der Waals surface area contributed by atoms with Crippen molar-refractivity contribution in [3.05, 3.63) is 40.8 Å². The molecule has 2 aromatic rings. The molecular formula is C15H18ClN5O2. The summed E-state index contributed by atoms with van der Waals surface area (Å²) in [6.45, 7) is 3.81. The molecule has 122 valence electrons. The first-order valence-corrected chi connectivity index (χ1v) is 7.60. The fourth-order valence-corrected chi connectivity index (χ4v) is 3.00. The lowest BCUT2D eigenvalue weighted by atomic mass is 9.97. The molecule has 1 unspecified atom stereocenters. The molecule has 1 saturated heterocycles. The molecule has 0 aliphatic carbocycles. The Balaban J connectivity index is 1.88. The Morgan fingerprint density at radius 2 is 2.26 bits per heavy atom. The van der Waals surface area contributed by atoms with Gasteiger partial charge in [0.05, 0.1) is 29.9 Å². The van der Waals surface area contributed by atoms with Gasteiger partial charge in [0.2, 0.25) is 5.91 Å². The maximum absolute atomic E-state index is 11.2. The molecule has 0 aromatic carbocycles. The maximum atomic E-state index is 11.2. The van der Waals surface area contributed by atoms with Crippen molar-refractivity contribution in [2.24, 2.45) is 12.8 Å². The third-order valence-corrected chi connectivity index (χ3v) is 4.27. The van der Waals surface area contributed by atoms with Crippen LogP contribution in [0.3, 0.4) is 0 Å². The Labute approximate surface area is 139 Å². The van der Waals surface area contributed by atoms with Crippen LogP contribution in [0, 0.1) is 0 Å². The molecule has 2 N–H and O–H groups in total. The largest absolute Gasteiger partial charge is 0.367 e. The summed E-state index contributed by atoms with van der Waals surface area (Å²) in [4.78, 5) is 17.6. The summed E-state index contributed by atoms with van der Waals surface area (Å²) in [6.07, 6.45) is 5.18. The molecule has 23 heavy (non-hydrogen) atoms. The van der Waals surface area contributed by atoms with Crippen LogP contribution in [0.5, 0.6) is 0 Å². The summed E-state index contributed by atoms with van der Waals surface area (Å²) in [5, 5.41) is 4.61. The van der Waals surface area contributed by atoms with Gasteiger partial charge in [-0.05, 0) is 13.0 Å². The Bertz CT molecular complexity index is 747. The first-order chi connectivity index (χ1) is 10.9. The third-order valence-electron chi connectivity index (χ3n) is 4.00. The van der Waals surface area contributed by atoms with Crippen LogP contribution in [0.4, 0.5) is 5.82 Å². The van der Waals surface area contributed by atoms with Crippen LogP contribution in [-0.4, -0.2) is 40.4 Å². The van der Waals surface area contributed by atoms with Gasteiger partial charge in [0.1, 0.15) is 11.4 Å². The van der Waals surface area contributed by atoms with E-state index >= 15 is 0 Å². The van der Waals surface area contributed by atoms with Gasteiger partial charge in [0.15, 0.2) is 0 Å². The minimum Gasteiger partial charge on any atom is -0.367 e. The molecule has 0 spiro atoms. The molecule has 1 amide bonds. The third kappa shape index (κ3) is 3.02. The number of carbonyl (C=O) groups excluding carboxylic acids is 1. The monoisotopic (exact) mass is 335 g/mol. The Morgan fingerprint density at radius 3 is 2.87 bits per heavy atom. The number of pyridine rings is 1. The molecule has 0 bridgehead atoms. The molecule has 1 fully saturated rings. The fourth-order valence-electron chi connectivity index (χ4n) is 2.72. The Kier molecular flexibility index (Phi) is 3.99. The second-order valence-corrected chi connectivity index (χ2v) is 6.20. The summed E-state index contributed by atoms with van der Waals surface area (Å²) in [7, 11) is 1.87. The van der Waals surface area contributed by atoms with E-state index in [4.69, 9.17) is 22.1 Å². The molecule has 2 aromatic heterocycles. The molecule has 1 aliphatic rings. The van der Waals surface area contributed by atoms with Gasteiger partial charge in [-0.25, -0.2) is 4.98 Å². The van der Waals surface area contributed by atoms with Crippen molar-refractivity contribution in [3.63, 3.8) is 0 Å². The number of nitrogens with two attached hydrogens (primary N) is 1.